The van der Waals surface area contributed by atoms with Crippen molar-refractivity contribution < 1.29 is 0 Å². The standard InChI is InChI=1S/C55H39N/c1-55(2)52-34-40(51-33-38-17-7-9-19-44(38)47-21-10-11-22-48(47)51)26-29-49(52)50-31-28-42(35-53(50)55)56(54-23-13-12-20-46(54)36-14-4-3-5-15-36)41-27-30-45-39(32-41)25-24-37-16-6-8-18-43(37)45/h3-35H,1-2H3. The number of hydrogen-bond acceptors (Lipinski definition) is 1. The van der Waals surface area contributed by atoms with E-state index in [9.17, 15) is 0 Å². The molecule has 264 valence electrons. The third-order valence-electron chi connectivity index (χ3n) is 12.2. The highest BCUT2D eigenvalue weighted by molar-refractivity contribution is 6.14. The summed E-state index contributed by atoms with van der Waals surface area (Å²) in [6.45, 7) is 4.79. The quantitative estimate of drug-likeness (QED) is 0.161. The first-order valence-electron chi connectivity index (χ1n) is 19.6. The molecule has 11 rings (SSSR count). The molecule has 10 aromatic rings. The monoisotopic (exact) mass is 713 g/mol. The third-order valence-corrected chi connectivity index (χ3v) is 12.2. The van der Waals surface area contributed by atoms with E-state index in [0.717, 1.165) is 17.1 Å². The van der Waals surface area contributed by atoms with Crippen molar-refractivity contribution in [1.82, 2.24) is 0 Å². The van der Waals surface area contributed by atoms with Gasteiger partial charge < -0.3 is 4.90 Å². The maximum Gasteiger partial charge on any atom is 0.0540 e. The lowest BCUT2D eigenvalue weighted by Crippen LogP contribution is -2.17. The molecule has 0 bridgehead atoms. The number of nitrogens with zero attached hydrogens (tertiary/aromatic N) is 1. The van der Waals surface area contributed by atoms with E-state index in [0.29, 0.717) is 0 Å². The summed E-state index contributed by atoms with van der Waals surface area (Å²) in [5.74, 6) is 0. The van der Waals surface area contributed by atoms with Crippen LogP contribution in [0.1, 0.15) is 25.0 Å². The zero-order chi connectivity index (χ0) is 37.4. The van der Waals surface area contributed by atoms with Gasteiger partial charge >= 0.3 is 0 Å². The topological polar surface area (TPSA) is 3.24 Å². The van der Waals surface area contributed by atoms with Gasteiger partial charge in [-0.1, -0.05) is 172 Å². The summed E-state index contributed by atoms with van der Waals surface area (Å²) in [4.78, 5) is 2.46. The van der Waals surface area contributed by atoms with Gasteiger partial charge in [0, 0.05) is 22.4 Å². The van der Waals surface area contributed by atoms with Crippen LogP contribution < -0.4 is 4.90 Å². The van der Waals surface area contributed by atoms with Gasteiger partial charge in [0.1, 0.15) is 0 Å². The average Bonchev–Trinajstić information content (AvgIpc) is 3.48. The largest absolute Gasteiger partial charge is 0.310 e. The summed E-state index contributed by atoms with van der Waals surface area (Å²) in [5, 5.41) is 10.2. The minimum atomic E-state index is -0.212. The van der Waals surface area contributed by atoms with Crippen molar-refractivity contribution in [2.75, 3.05) is 4.90 Å². The molecule has 1 aliphatic carbocycles. The highest BCUT2D eigenvalue weighted by Crippen LogP contribution is 2.53. The molecule has 0 spiro atoms. The Kier molecular flexibility index (Phi) is 7.28. The third kappa shape index (κ3) is 5.01. The van der Waals surface area contributed by atoms with Crippen LogP contribution in [0.2, 0.25) is 0 Å². The van der Waals surface area contributed by atoms with Gasteiger partial charge in [-0.25, -0.2) is 0 Å². The Morgan fingerprint density at radius 2 is 0.875 bits per heavy atom. The lowest BCUT2D eigenvalue weighted by atomic mass is 9.81. The van der Waals surface area contributed by atoms with E-state index in [1.807, 2.05) is 0 Å². The van der Waals surface area contributed by atoms with E-state index in [4.69, 9.17) is 0 Å². The minimum Gasteiger partial charge on any atom is -0.310 e. The fraction of sp³-hybridized carbons (Fsp3) is 0.0545. The minimum absolute atomic E-state index is 0.212. The van der Waals surface area contributed by atoms with Crippen LogP contribution in [0.4, 0.5) is 17.1 Å². The maximum absolute atomic E-state index is 2.46. The van der Waals surface area contributed by atoms with E-state index < -0.39 is 0 Å². The Labute approximate surface area is 327 Å². The molecule has 0 heterocycles. The smallest absolute Gasteiger partial charge is 0.0540 e. The summed E-state index contributed by atoms with van der Waals surface area (Å²) in [7, 11) is 0. The van der Waals surface area contributed by atoms with Gasteiger partial charge in [-0.3, -0.25) is 0 Å². The molecule has 0 N–H and O–H groups in total. The first-order valence-corrected chi connectivity index (χ1v) is 19.6. The lowest BCUT2D eigenvalue weighted by molar-refractivity contribution is 0.660. The van der Waals surface area contributed by atoms with Crippen molar-refractivity contribution in [2.45, 2.75) is 19.3 Å². The molecule has 0 saturated heterocycles. The van der Waals surface area contributed by atoms with Gasteiger partial charge in [0.05, 0.1) is 5.69 Å². The molecule has 10 aromatic carbocycles. The van der Waals surface area contributed by atoms with Crippen molar-refractivity contribution in [2.24, 2.45) is 0 Å². The number of anilines is 3. The Balaban J connectivity index is 1.08. The summed E-state index contributed by atoms with van der Waals surface area (Å²) in [5.41, 5.74) is 13.5. The van der Waals surface area contributed by atoms with Crippen molar-refractivity contribution in [3.8, 4) is 33.4 Å². The molecule has 0 aromatic heterocycles. The van der Waals surface area contributed by atoms with Crippen molar-refractivity contribution in [1.29, 1.82) is 0 Å². The Morgan fingerprint density at radius 3 is 1.70 bits per heavy atom. The van der Waals surface area contributed by atoms with E-state index >= 15 is 0 Å². The van der Waals surface area contributed by atoms with Crippen molar-refractivity contribution in [3.63, 3.8) is 0 Å². The lowest BCUT2D eigenvalue weighted by Gasteiger charge is -2.30. The first-order chi connectivity index (χ1) is 27.5. The molecule has 1 heteroatoms. The Bertz CT molecular complexity index is 3170. The zero-order valence-corrected chi connectivity index (χ0v) is 31.5. The molecule has 0 radical (unpaired) electrons. The second-order valence-electron chi connectivity index (χ2n) is 15.7. The van der Waals surface area contributed by atoms with Crippen molar-refractivity contribution >= 4 is 60.2 Å². The predicted octanol–water partition coefficient (Wildman–Crippen LogP) is 15.4. The molecule has 1 aliphatic rings. The van der Waals surface area contributed by atoms with E-state index in [-0.39, 0.29) is 5.41 Å². The van der Waals surface area contributed by atoms with Crippen LogP contribution in [-0.2, 0) is 5.41 Å². The number of fused-ring (bicyclic) bond motifs is 9. The van der Waals surface area contributed by atoms with Crippen LogP contribution in [-0.4, -0.2) is 0 Å². The number of rotatable bonds is 5. The van der Waals surface area contributed by atoms with Crippen LogP contribution in [0.15, 0.2) is 200 Å². The van der Waals surface area contributed by atoms with Gasteiger partial charge in [0.2, 0.25) is 0 Å². The van der Waals surface area contributed by atoms with E-state index in [1.165, 1.54) is 87.6 Å². The van der Waals surface area contributed by atoms with Gasteiger partial charge in [-0.05, 0) is 124 Å². The summed E-state index contributed by atoms with van der Waals surface area (Å²) in [6.07, 6.45) is 0. The highest BCUT2D eigenvalue weighted by atomic mass is 15.1. The molecular weight excluding hydrogens is 675 g/mol. The Hall–Kier alpha value is -6.96. The van der Waals surface area contributed by atoms with Gasteiger partial charge in [0.15, 0.2) is 0 Å². The predicted molar refractivity (Wildman–Crippen MR) is 240 cm³/mol. The fourth-order valence-corrected chi connectivity index (χ4v) is 9.42. The molecule has 0 aliphatic heterocycles. The summed E-state index contributed by atoms with van der Waals surface area (Å²) >= 11 is 0. The van der Waals surface area contributed by atoms with Crippen LogP contribution in [0.3, 0.4) is 0 Å². The highest BCUT2D eigenvalue weighted by Gasteiger charge is 2.36. The molecule has 0 fully saturated rings. The zero-order valence-electron chi connectivity index (χ0n) is 31.5. The van der Waals surface area contributed by atoms with Crippen LogP contribution in [0.5, 0.6) is 0 Å². The second-order valence-corrected chi connectivity index (χ2v) is 15.7. The molecule has 1 nitrogen and oxygen atoms in total. The number of hydrogen-bond donors (Lipinski definition) is 0. The summed E-state index contributed by atoms with van der Waals surface area (Å²) < 4.78 is 0. The molecule has 0 amide bonds. The van der Waals surface area contributed by atoms with Crippen molar-refractivity contribution in [3.05, 3.63) is 211 Å². The van der Waals surface area contributed by atoms with E-state index in [2.05, 4.69) is 219 Å². The molecular formula is C55H39N. The molecule has 0 unspecified atom stereocenters. The maximum atomic E-state index is 2.46. The van der Waals surface area contributed by atoms with Gasteiger partial charge in [-0.2, -0.15) is 0 Å². The summed E-state index contributed by atoms with van der Waals surface area (Å²) in [6, 6.07) is 74.0. The molecule has 0 saturated carbocycles. The number of para-hydroxylation sites is 1. The fourth-order valence-electron chi connectivity index (χ4n) is 9.42. The van der Waals surface area contributed by atoms with Crippen LogP contribution in [0.25, 0.3) is 76.5 Å². The first kappa shape index (κ1) is 32.5. The number of benzene rings is 10. The molecule has 0 atom stereocenters. The van der Waals surface area contributed by atoms with Crippen LogP contribution >= 0.6 is 0 Å². The molecule has 56 heavy (non-hydrogen) atoms. The normalized spacial score (nSPS) is 13.0. The second kappa shape index (κ2) is 12.5. The average molecular weight is 714 g/mol. The van der Waals surface area contributed by atoms with Gasteiger partial charge in [-0.15, -0.1) is 0 Å². The Morgan fingerprint density at radius 1 is 0.321 bits per heavy atom. The van der Waals surface area contributed by atoms with Gasteiger partial charge in [0.25, 0.3) is 0 Å². The van der Waals surface area contributed by atoms with E-state index in [1.54, 1.807) is 0 Å². The SMILES string of the molecule is CC1(C)c2cc(-c3cc4ccccc4c4ccccc34)ccc2-c2ccc(N(c3ccc4c(ccc5ccccc54)c3)c3ccccc3-c3ccccc3)cc21. The van der Waals surface area contributed by atoms with Crippen LogP contribution in [0, 0.1) is 0 Å².